The lowest BCUT2D eigenvalue weighted by atomic mass is 10.0. The predicted molar refractivity (Wildman–Crippen MR) is 103 cm³/mol. The minimum absolute atomic E-state index is 0.137. The van der Waals surface area contributed by atoms with Crippen LogP contribution in [-0.4, -0.2) is 23.2 Å². The molecular formula is C22H21N3O2. The lowest BCUT2D eigenvalue weighted by Gasteiger charge is -2.13. The molecule has 3 aromatic rings. The first kappa shape index (κ1) is 17.5. The van der Waals surface area contributed by atoms with E-state index in [0.717, 1.165) is 35.3 Å². The second-order valence-electron chi connectivity index (χ2n) is 6.81. The van der Waals surface area contributed by atoms with Crippen molar-refractivity contribution < 1.29 is 9.52 Å². The van der Waals surface area contributed by atoms with Gasteiger partial charge in [-0.15, -0.1) is 0 Å². The summed E-state index contributed by atoms with van der Waals surface area (Å²) in [6, 6.07) is 14.4. The van der Waals surface area contributed by atoms with Crippen LogP contribution in [0.1, 0.15) is 34.7 Å². The summed E-state index contributed by atoms with van der Waals surface area (Å²) in [5, 5.41) is 21.7. The molecule has 1 unspecified atom stereocenters. The van der Waals surface area contributed by atoms with Crippen LogP contribution >= 0.6 is 0 Å². The Balaban J connectivity index is 1.67. The van der Waals surface area contributed by atoms with E-state index >= 15 is 0 Å². The first-order valence-electron chi connectivity index (χ1n) is 9.14. The zero-order valence-electron chi connectivity index (χ0n) is 15.2. The fourth-order valence-electron chi connectivity index (χ4n) is 3.74. The van der Waals surface area contributed by atoms with Gasteiger partial charge in [-0.3, -0.25) is 0 Å². The van der Waals surface area contributed by atoms with Crippen LogP contribution in [0.4, 0.5) is 0 Å². The molecule has 27 heavy (non-hydrogen) atoms. The van der Waals surface area contributed by atoms with Crippen molar-refractivity contribution in [2.24, 2.45) is 0 Å². The van der Waals surface area contributed by atoms with Crippen LogP contribution in [0.15, 0.2) is 47.0 Å². The van der Waals surface area contributed by atoms with Gasteiger partial charge in [0.1, 0.15) is 0 Å². The van der Waals surface area contributed by atoms with E-state index in [-0.39, 0.29) is 12.6 Å². The van der Waals surface area contributed by atoms with Gasteiger partial charge >= 0.3 is 0 Å². The monoisotopic (exact) mass is 359 g/mol. The molecule has 1 heterocycles. The van der Waals surface area contributed by atoms with E-state index in [9.17, 15) is 5.26 Å². The van der Waals surface area contributed by atoms with Gasteiger partial charge in [-0.1, -0.05) is 24.3 Å². The Morgan fingerprint density at radius 2 is 2.22 bits per heavy atom. The summed E-state index contributed by atoms with van der Waals surface area (Å²) in [6.45, 7) is 2.64. The van der Waals surface area contributed by atoms with Gasteiger partial charge in [0.05, 0.1) is 24.4 Å². The van der Waals surface area contributed by atoms with Crippen LogP contribution in [0.25, 0.3) is 22.8 Å². The van der Waals surface area contributed by atoms with Crippen molar-refractivity contribution >= 4 is 0 Å². The molecule has 1 aromatic heterocycles. The van der Waals surface area contributed by atoms with Gasteiger partial charge in [0.25, 0.3) is 0 Å². The molecular weight excluding hydrogens is 338 g/mol. The lowest BCUT2D eigenvalue weighted by Crippen LogP contribution is -2.22. The van der Waals surface area contributed by atoms with Gasteiger partial charge in [-0.25, -0.2) is 4.98 Å². The number of nitrogens with one attached hydrogen (secondary N) is 1. The first-order chi connectivity index (χ1) is 13.2. The summed E-state index contributed by atoms with van der Waals surface area (Å²) in [5.41, 5.74) is 5.98. The molecule has 4 rings (SSSR count). The van der Waals surface area contributed by atoms with Crippen LogP contribution in [-0.2, 0) is 6.42 Å². The topological polar surface area (TPSA) is 82.1 Å². The Morgan fingerprint density at radius 1 is 1.33 bits per heavy atom. The number of hydrogen-bond donors (Lipinski definition) is 2. The Hall–Kier alpha value is -2.94. The van der Waals surface area contributed by atoms with Crippen molar-refractivity contribution in [3.05, 3.63) is 64.8 Å². The molecule has 0 saturated heterocycles. The van der Waals surface area contributed by atoms with Crippen molar-refractivity contribution in [1.29, 1.82) is 5.26 Å². The van der Waals surface area contributed by atoms with Gasteiger partial charge in [0, 0.05) is 23.7 Å². The number of aliphatic hydroxyl groups excluding tert-OH is 1. The van der Waals surface area contributed by atoms with E-state index < -0.39 is 0 Å². The van der Waals surface area contributed by atoms with E-state index in [4.69, 9.17) is 9.52 Å². The first-order valence-corrected chi connectivity index (χ1v) is 9.14. The SMILES string of the molecule is Cc1ccc(-c2ncc(-c3cccc4c3CCC4NCCO)o2)cc1C#N. The normalized spacial score (nSPS) is 15.5. The maximum absolute atomic E-state index is 9.24. The second kappa shape index (κ2) is 7.36. The number of aromatic nitrogens is 1. The third-order valence-electron chi connectivity index (χ3n) is 5.15. The average molecular weight is 359 g/mol. The highest BCUT2D eigenvalue weighted by Crippen LogP contribution is 2.38. The Labute approximate surface area is 158 Å². The molecule has 2 N–H and O–H groups in total. The number of aliphatic hydroxyl groups is 1. The Bertz CT molecular complexity index is 1020. The summed E-state index contributed by atoms with van der Waals surface area (Å²) < 4.78 is 6.06. The number of hydrogen-bond acceptors (Lipinski definition) is 5. The number of rotatable bonds is 5. The van der Waals surface area contributed by atoms with Gasteiger partial charge in [-0.2, -0.15) is 5.26 Å². The van der Waals surface area contributed by atoms with E-state index in [0.29, 0.717) is 18.0 Å². The van der Waals surface area contributed by atoms with E-state index in [1.54, 1.807) is 6.20 Å². The quantitative estimate of drug-likeness (QED) is 0.725. The van der Waals surface area contributed by atoms with Crippen LogP contribution in [0.2, 0.25) is 0 Å². The summed E-state index contributed by atoms with van der Waals surface area (Å²) in [6.07, 6.45) is 3.73. The molecule has 1 aliphatic rings. The molecule has 0 aliphatic heterocycles. The molecule has 1 atom stereocenters. The summed E-state index contributed by atoms with van der Waals surface area (Å²) in [5.74, 6) is 1.26. The second-order valence-corrected chi connectivity index (χ2v) is 6.81. The third-order valence-corrected chi connectivity index (χ3v) is 5.15. The highest BCUT2D eigenvalue weighted by molar-refractivity contribution is 5.67. The summed E-state index contributed by atoms with van der Waals surface area (Å²) in [4.78, 5) is 4.44. The van der Waals surface area contributed by atoms with Crippen LogP contribution in [0.5, 0.6) is 0 Å². The van der Waals surface area contributed by atoms with Crippen molar-refractivity contribution in [3.8, 4) is 28.8 Å². The predicted octanol–water partition coefficient (Wildman–Crippen LogP) is 3.76. The van der Waals surface area contributed by atoms with Crippen molar-refractivity contribution in [2.45, 2.75) is 25.8 Å². The number of nitrogens with zero attached hydrogens (tertiary/aromatic N) is 2. The number of oxazole rings is 1. The Kier molecular flexibility index (Phi) is 4.76. The molecule has 0 radical (unpaired) electrons. The zero-order chi connectivity index (χ0) is 18.8. The average Bonchev–Trinajstić information content (AvgIpc) is 3.34. The van der Waals surface area contributed by atoms with Crippen molar-refractivity contribution in [2.75, 3.05) is 13.2 Å². The summed E-state index contributed by atoms with van der Waals surface area (Å²) >= 11 is 0. The van der Waals surface area contributed by atoms with E-state index in [1.807, 2.05) is 31.2 Å². The van der Waals surface area contributed by atoms with Crippen molar-refractivity contribution in [1.82, 2.24) is 10.3 Å². The number of aryl methyl sites for hydroxylation is 1. The minimum atomic E-state index is 0.137. The number of nitriles is 1. The standard InChI is InChI=1S/C22H21N3O2/c1-14-5-6-15(11-16(14)12-23)22-25-13-21(27-22)19-4-2-3-18-17(19)7-8-20(18)24-9-10-26/h2-6,11,13,20,24,26H,7-10H2,1H3. The minimum Gasteiger partial charge on any atom is -0.436 e. The molecule has 1 aliphatic carbocycles. The summed E-state index contributed by atoms with van der Waals surface area (Å²) in [7, 11) is 0. The van der Waals surface area contributed by atoms with Crippen molar-refractivity contribution in [3.63, 3.8) is 0 Å². The molecule has 5 heteroatoms. The van der Waals surface area contributed by atoms with Gasteiger partial charge in [-0.05, 0) is 48.6 Å². The molecule has 0 saturated carbocycles. The molecule has 0 bridgehead atoms. The third kappa shape index (κ3) is 3.25. The molecule has 0 fully saturated rings. The molecule has 136 valence electrons. The van der Waals surface area contributed by atoms with Crippen LogP contribution in [0.3, 0.4) is 0 Å². The molecule has 0 amide bonds. The lowest BCUT2D eigenvalue weighted by molar-refractivity contribution is 0.284. The zero-order valence-corrected chi connectivity index (χ0v) is 15.2. The Morgan fingerprint density at radius 3 is 3.04 bits per heavy atom. The molecule has 5 nitrogen and oxygen atoms in total. The molecule has 2 aromatic carbocycles. The molecule has 0 spiro atoms. The number of benzene rings is 2. The largest absolute Gasteiger partial charge is 0.436 e. The maximum Gasteiger partial charge on any atom is 0.226 e. The fraction of sp³-hybridized carbons (Fsp3) is 0.273. The maximum atomic E-state index is 9.24. The van der Waals surface area contributed by atoms with Gasteiger partial charge < -0.3 is 14.8 Å². The smallest absolute Gasteiger partial charge is 0.226 e. The van der Waals surface area contributed by atoms with E-state index in [2.05, 4.69) is 28.5 Å². The van der Waals surface area contributed by atoms with Crippen LogP contribution < -0.4 is 5.32 Å². The number of fused-ring (bicyclic) bond motifs is 1. The van der Waals surface area contributed by atoms with E-state index in [1.165, 1.54) is 11.1 Å². The van der Waals surface area contributed by atoms with Gasteiger partial charge in [0.15, 0.2) is 5.76 Å². The highest BCUT2D eigenvalue weighted by Gasteiger charge is 2.25. The van der Waals surface area contributed by atoms with Gasteiger partial charge in [0.2, 0.25) is 5.89 Å². The van der Waals surface area contributed by atoms with Crippen LogP contribution in [0, 0.1) is 18.3 Å². The highest BCUT2D eigenvalue weighted by atomic mass is 16.4. The fourth-order valence-corrected chi connectivity index (χ4v) is 3.74.